The van der Waals surface area contributed by atoms with Crippen molar-refractivity contribution in [1.82, 2.24) is 9.97 Å². The van der Waals surface area contributed by atoms with Crippen molar-refractivity contribution in [2.75, 3.05) is 5.73 Å². The number of hydrogen-bond acceptors (Lipinski definition) is 5. The molecular weight excluding hydrogens is 340 g/mol. The lowest BCUT2D eigenvalue weighted by atomic mass is 10.1. The highest BCUT2D eigenvalue weighted by Gasteiger charge is 2.10. The van der Waals surface area contributed by atoms with E-state index in [4.69, 9.17) is 11.0 Å². The molecule has 0 aliphatic rings. The van der Waals surface area contributed by atoms with Crippen LogP contribution in [0, 0.1) is 11.3 Å². The summed E-state index contributed by atoms with van der Waals surface area (Å²) in [6.45, 7) is 0. The molecule has 124 valence electrons. The Labute approximate surface area is 154 Å². The van der Waals surface area contributed by atoms with Crippen molar-refractivity contribution in [3.63, 3.8) is 0 Å². The van der Waals surface area contributed by atoms with Crippen molar-refractivity contribution in [3.05, 3.63) is 76.7 Å². The van der Waals surface area contributed by atoms with Crippen LogP contribution in [0.15, 0.2) is 60.7 Å². The summed E-state index contributed by atoms with van der Waals surface area (Å²) < 4.78 is 0. The summed E-state index contributed by atoms with van der Waals surface area (Å²) >= 11 is 1.57. The van der Waals surface area contributed by atoms with E-state index in [-0.39, 0.29) is 0 Å². The largest absolute Gasteiger partial charge is 0.383 e. The highest BCUT2D eigenvalue weighted by atomic mass is 32.1. The number of fused-ring (bicyclic) bond motifs is 1. The quantitative estimate of drug-likeness (QED) is 0.563. The summed E-state index contributed by atoms with van der Waals surface area (Å²) in [4.78, 5) is 11.0. The summed E-state index contributed by atoms with van der Waals surface area (Å²) in [5.74, 6) is 0.982. The van der Waals surface area contributed by atoms with E-state index in [1.807, 2.05) is 36.4 Å². The highest BCUT2D eigenvalue weighted by Crippen LogP contribution is 2.31. The summed E-state index contributed by atoms with van der Waals surface area (Å²) in [5, 5.41) is 9.92. The molecule has 0 radical (unpaired) electrons. The fourth-order valence-corrected chi connectivity index (χ4v) is 3.59. The van der Waals surface area contributed by atoms with Gasteiger partial charge in [-0.25, -0.2) is 9.97 Å². The fourth-order valence-electron chi connectivity index (χ4n) is 2.64. The Kier molecular flexibility index (Phi) is 4.18. The Balaban J connectivity index is 1.73. The van der Waals surface area contributed by atoms with Crippen LogP contribution in [-0.4, -0.2) is 9.97 Å². The van der Waals surface area contributed by atoms with Crippen LogP contribution in [0.2, 0.25) is 0 Å². The molecule has 0 spiro atoms. The number of nitriles is 1. The van der Waals surface area contributed by atoms with E-state index >= 15 is 0 Å². The van der Waals surface area contributed by atoms with Gasteiger partial charge in [0, 0.05) is 10.4 Å². The zero-order valence-electron chi connectivity index (χ0n) is 13.8. The van der Waals surface area contributed by atoms with Gasteiger partial charge in [0.2, 0.25) is 0 Å². The summed E-state index contributed by atoms with van der Waals surface area (Å²) in [6, 6.07) is 21.5. The Bertz CT molecular complexity index is 1150. The average molecular weight is 354 g/mol. The van der Waals surface area contributed by atoms with E-state index in [1.165, 1.54) is 0 Å². The zero-order chi connectivity index (χ0) is 17.9. The van der Waals surface area contributed by atoms with Gasteiger partial charge in [-0.3, -0.25) is 0 Å². The highest BCUT2D eigenvalue weighted by molar-refractivity contribution is 7.19. The zero-order valence-corrected chi connectivity index (χ0v) is 14.6. The van der Waals surface area contributed by atoms with Gasteiger partial charge >= 0.3 is 0 Å². The fraction of sp³-hybridized carbons (Fsp3) is 0. The molecule has 26 heavy (non-hydrogen) atoms. The van der Waals surface area contributed by atoms with E-state index in [9.17, 15) is 0 Å². The number of anilines is 1. The number of benzene rings is 2. The van der Waals surface area contributed by atoms with E-state index in [1.54, 1.807) is 23.5 Å². The molecule has 2 heterocycles. The van der Waals surface area contributed by atoms with Crippen LogP contribution in [0.1, 0.15) is 16.0 Å². The number of thiophene rings is 1. The molecule has 0 fully saturated rings. The Morgan fingerprint density at radius 2 is 1.81 bits per heavy atom. The predicted molar refractivity (Wildman–Crippen MR) is 107 cm³/mol. The minimum Gasteiger partial charge on any atom is -0.383 e. The van der Waals surface area contributed by atoms with Gasteiger partial charge in [-0.1, -0.05) is 48.5 Å². The van der Waals surface area contributed by atoms with E-state index in [0.717, 1.165) is 26.2 Å². The van der Waals surface area contributed by atoms with Crippen molar-refractivity contribution >= 4 is 39.5 Å². The standard InChI is InChI=1S/C21H14N4S/c22-13-15-7-4-8-16(11-15)20-24-19(23)18-12-17(26-21(18)25-20)10-9-14-5-2-1-3-6-14/h1-12H,(H2,23,24,25). The maximum Gasteiger partial charge on any atom is 0.163 e. The Morgan fingerprint density at radius 3 is 2.62 bits per heavy atom. The van der Waals surface area contributed by atoms with Gasteiger partial charge in [0.1, 0.15) is 10.6 Å². The lowest BCUT2D eigenvalue weighted by molar-refractivity contribution is 1.24. The minimum absolute atomic E-state index is 0.447. The van der Waals surface area contributed by atoms with Crippen LogP contribution in [0.3, 0.4) is 0 Å². The third-order valence-corrected chi connectivity index (χ3v) is 4.92. The molecule has 2 aromatic carbocycles. The maximum atomic E-state index is 9.07. The monoisotopic (exact) mass is 354 g/mol. The molecule has 0 atom stereocenters. The summed E-state index contributed by atoms with van der Waals surface area (Å²) in [7, 11) is 0. The number of nitrogen functional groups attached to an aromatic ring is 1. The summed E-state index contributed by atoms with van der Waals surface area (Å²) in [6.07, 6.45) is 4.11. The molecule has 0 saturated carbocycles. The molecule has 0 aliphatic carbocycles. The van der Waals surface area contributed by atoms with Gasteiger partial charge in [-0.15, -0.1) is 11.3 Å². The molecule has 4 nitrogen and oxygen atoms in total. The molecule has 5 heteroatoms. The summed E-state index contributed by atoms with van der Waals surface area (Å²) in [5.41, 5.74) is 8.65. The van der Waals surface area contributed by atoms with Gasteiger partial charge in [-0.05, 0) is 29.8 Å². The molecular formula is C21H14N4S. The second-order valence-electron chi connectivity index (χ2n) is 5.74. The number of nitrogens with two attached hydrogens (primary N) is 1. The number of rotatable bonds is 3. The second kappa shape index (κ2) is 6.79. The van der Waals surface area contributed by atoms with Gasteiger partial charge in [0.25, 0.3) is 0 Å². The van der Waals surface area contributed by atoms with Crippen LogP contribution < -0.4 is 5.73 Å². The average Bonchev–Trinajstić information content (AvgIpc) is 3.11. The van der Waals surface area contributed by atoms with Crippen LogP contribution in [0.5, 0.6) is 0 Å². The molecule has 0 aliphatic heterocycles. The smallest absolute Gasteiger partial charge is 0.163 e. The van der Waals surface area contributed by atoms with Gasteiger partial charge in [0.15, 0.2) is 5.82 Å². The van der Waals surface area contributed by atoms with Crippen LogP contribution in [0.4, 0.5) is 5.82 Å². The van der Waals surface area contributed by atoms with Crippen LogP contribution in [-0.2, 0) is 0 Å². The lowest BCUT2D eigenvalue weighted by Crippen LogP contribution is -1.96. The first-order chi connectivity index (χ1) is 12.7. The lowest BCUT2D eigenvalue weighted by Gasteiger charge is -2.02. The number of nitrogens with zero attached hydrogens (tertiary/aromatic N) is 3. The molecule has 4 rings (SSSR count). The van der Waals surface area contributed by atoms with Crippen molar-refractivity contribution in [3.8, 4) is 17.5 Å². The molecule has 4 aromatic rings. The normalized spacial score (nSPS) is 11.0. The van der Waals surface area contributed by atoms with E-state index < -0.39 is 0 Å². The first-order valence-corrected chi connectivity index (χ1v) is 8.85. The van der Waals surface area contributed by atoms with Crippen molar-refractivity contribution < 1.29 is 0 Å². The van der Waals surface area contributed by atoms with E-state index in [2.05, 4.69) is 40.3 Å². The first kappa shape index (κ1) is 16.0. The Hall–Kier alpha value is -3.49. The van der Waals surface area contributed by atoms with Crippen molar-refractivity contribution in [2.45, 2.75) is 0 Å². The molecule has 0 unspecified atom stereocenters. The Morgan fingerprint density at radius 1 is 0.962 bits per heavy atom. The molecule has 2 aromatic heterocycles. The molecule has 0 amide bonds. The SMILES string of the molecule is N#Cc1cccc(-c2nc(N)c3cc(C=Cc4ccccc4)sc3n2)c1. The first-order valence-electron chi connectivity index (χ1n) is 8.04. The van der Waals surface area contributed by atoms with Gasteiger partial charge in [-0.2, -0.15) is 5.26 Å². The van der Waals surface area contributed by atoms with Crippen LogP contribution >= 0.6 is 11.3 Å². The predicted octanol–water partition coefficient (Wildman–Crippen LogP) is 4.98. The maximum absolute atomic E-state index is 9.07. The van der Waals surface area contributed by atoms with E-state index in [0.29, 0.717) is 17.2 Å². The minimum atomic E-state index is 0.447. The topological polar surface area (TPSA) is 75.6 Å². The number of aromatic nitrogens is 2. The number of hydrogen-bond donors (Lipinski definition) is 1. The third-order valence-electron chi connectivity index (χ3n) is 3.93. The van der Waals surface area contributed by atoms with Gasteiger partial charge < -0.3 is 5.73 Å². The third kappa shape index (κ3) is 3.18. The molecule has 0 bridgehead atoms. The van der Waals surface area contributed by atoms with Crippen LogP contribution in [0.25, 0.3) is 33.8 Å². The van der Waals surface area contributed by atoms with Crippen molar-refractivity contribution in [1.29, 1.82) is 5.26 Å². The second-order valence-corrected chi connectivity index (χ2v) is 6.80. The van der Waals surface area contributed by atoms with Gasteiger partial charge in [0.05, 0.1) is 17.0 Å². The molecule has 2 N–H and O–H groups in total. The van der Waals surface area contributed by atoms with Crippen molar-refractivity contribution in [2.24, 2.45) is 0 Å². The molecule has 0 saturated heterocycles.